The van der Waals surface area contributed by atoms with Crippen molar-refractivity contribution in [3.8, 4) is 5.75 Å². The first-order valence-electron chi connectivity index (χ1n) is 8.29. The second-order valence-corrected chi connectivity index (χ2v) is 6.99. The third-order valence-corrected chi connectivity index (χ3v) is 3.48. The molecular formula is C18H31N3O2. The fourth-order valence-corrected chi connectivity index (χ4v) is 2.22. The van der Waals surface area contributed by atoms with Gasteiger partial charge in [0.25, 0.3) is 5.91 Å². The van der Waals surface area contributed by atoms with Crippen molar-refractivity contribution in [2.75, 3.05) is 33.2 Å². The van der Waals surface area contributed by atoms with Gasteiger partial charge in [-0.3, -0.25) is 4.79 Å². The molecular weight excluding hydrogens is 290 g/mol. The fraction of sp³-hybridized carbons (Fsp3) is 0.611. The van der Waals surface area contributed by atoms with E-state index in [0.29, 0.717) is 12.1 Å². The predicted molar refractivity (Wildman–Crippen MR) is 94.9 cm³/mol. The van der Waals surface area contributed by atoms with E-state index in [1.54, 1.807) is 18.2 Å². The van der Waals surface area contributed by atoms with Crippen molar-refractivity contribution in [2.24, 2.45) is 0 Å². The fourth-order valence-electron chi connectivity index (χ4n) is 2.22. The number of phenolic OH excluding ortho intramolecular Hbond substituents is 1. The minimum absolute atomic E-state index is 0.112. The van der Waals surface area contributed by atoms with Crippen molar-refractivity contribution in [3.05, 3.63) is 29.8 Å². The molecule has 0 saturated heterocycles. The summed E-state index contributed by atoms with van der Waals surface area (Å²) in [5.41, 5.74) is 0.668. The van der Waals surface area contributed by atoms with Crippen LogP contribution in [-0.4, -0.2) is 54.7 Å². The van der Waals surface area contributed by atoms with Crippen LogP contribution in [-0.2, 0) is 0 Å². The van der Waals surface area contributed by atoms with E-state index in [2.05, 4.69) is 43.4 Å². The van der Waals surface area contributed by atoms with Gasteiger partial charge in [-0.15, -0.1) is 0 Å². The van der Waals surface area contributed by atoms with Gasteiger partial charge in [0.05, 0.1) is 0 Å². The Morgan fingerprint density at radius 2 is 1.83 bits per heavy atom. The highest BCUT2D eigenvalue weighted by Gasteiger charge is 2.08. The van der Waals surface area contributed by atoms with Crippen LogP contribution < -0.4 is 10.6 Å². The van der Waals surface area contributed by atoms with Crippen LogP contribution >= 0.6 is 0 Å². The Kier molecular flexibility index (Phi) is 8.06. The number of nitrogens with one attached hydrogen (secondary N) is 2. The van der Waals surface area contributed by atoms with E-state index in [1.807, 2.05) is 0 Å². The average Bonchev–Trinajstić information content (AvgIpc) is 2.47. The highest BCUT2D eigenvalue weighted by molar-refractivity contribution is 5.94. The van der Waals surface area contributed by atoms with Crippen LogP contribution in [0.3, 0.4) is 0 Å². The number of phenols is 1. The minimum atomic E-state index is -0.141. The average molecular weight is 321 g/mol. The summed E-state index contributed by atoms with van der Waals surface area (Å²) in [6.07, 6.45) is 2.02. The third-order valence-electron chi connectivity index (χ3n) is 3.48. The summed E-state index contributed by atoms with van der Waals surface area (Å²) in [6, 6.07) is 6.40. The van der Waals surface area contributed by atoms with Gasteiger partial charge in [0.1, 0.15) is 5.75 Å². The van der Waals surface area contributed by atoms with Crippen LogP contribution in [0.5, 0.6) is 5.75 Å². The number of nitrogens with zero attached hydrogens (tertiary/aromatic N) is 1. The quantitative estimate of drug-likeness (QED) is 0.610. The summed E-state index contributed by atoms with van der Waals surface area (Å²) in [6.45, 7) is 10.2. The Labute approximate surface area is 140 Å². The van der Waals surface area contributed by atoms with E-state index in [9.17, 15) is 9.90 Å². The molecule has 0 saturated carbocycles. The molecule has 0 aliphatic carbocycles. The van der Waals surface area contributed by atoms with Crippen molar-refractivity contribution in [2.45, 2.75) is 39.2 Å². The zero-order valence-electron chi connectivity index (χ0n) is 14.9. The zero-order valence-corrected chi connectivity index (χ0v) is 14.9. The van der Waals surface area contributed by atoms with Crippen LogP contribution in [0.1, 0.15) is 44.0 Å². The van der Waals surface area contributed by atoms with Crippen LogP contribution in [0, 0.1) is 0 Å². The lowest BCUT2D eigenvalue weighted by Gasteiger charge is -2.22. The standard InChI is InChI=1S/C18H31N3O2/c1-18(2,3)20-11-7-13-21(4)12-6-10-19-17(23)15-8-5-9-16(22)14-15/h5,8-9,14,20,22H,6-7,10-13H2,1-4H3,(H,19,23). The van der Waals surface area contributed by atoms with Gasteiger partial charge in [-0.25, -0.2) is 0 Å². The lowest BCUT2D eigenvalue weighted by atomic mass is 10.1. The Hall–Kier alpha value is -1.59. The summed E-state index contributed by atoms with van der Waals surface area (Å²) in [5.74, 6) is -0.0285. The molecule has 0 unspecified atom stereocenters. The smallest absolute Gasteiger partial charge is 0.251 e. The molecule has 0 spiro atoms. The second-order valence-electron chi connectivity index (χ2n) is 6.99. The van der Waals surface area contributed by atoms with Gasteiger partial charge in [-0.2, -0.15) is 0 Å². The summed E-state index contributed by atoms with van der Waals surface area (Å²) >= 11 is 0. The molecule has 3 N–H and O–H groups in total. The van der Waals surface area contributed by atoms with Gasteiger partial charge in [-0.05, 0) is 78.5 Å². The minimum Gasteiger partial charge on any atom is -0.508 e. The van der Waals surface area contributed by atoms with E-state index < -0.39 is 0 Å². The number of hydrogen-bond acceptors (Lipinski definition) is 4. The van der Waals surface area contributed by atoms with Gasteiger partial charge in [0.2, 0.25) is 0 Å². The molecule has 0 bridgehead atoms. The zero-order chi connectivity index (χ0) is 17.3. The molecule has 5 heteroatoms. The van der Waals surface area contributed by atoms with Crippen LogP contribution in [0.4, 0.5) is 0 Å². The van der Waals surface area contributed by atoms with Gasteiger partial charge in [0.15, 0.2) is 0 Å². The molecule has 0 aliphatic heterocycles. The Balaban J connectivity index is 2.11. The SMILES string of the molecule is CN(CCCNC(=O)c1cccc(O)c1)CCCNC(C)(C)C. The van der Waals surface area contributed by atoms with Crippen molar-refractivity contribution >= 4 is 5.91 Å². The number of carbonyl (C=O) groups is 1. The van der Waals surface area contributed by atoms with Gasteiger partial charge in [-0.1, -0.05) is 6.07 Å². The number of benzene rings is 1. The van der Waals surface area contributed by atoms with Gasteiger partial charge in [0, 0.05) is 17.6 Å². The van der Waals surface area contributed by atoms with Gasteiger partial charge >= 0.3 is 0 Å². The maximum absolute atomic E-state index is 11.9. The number of hydrogen-bond donors (Lipinski definition) is 3. The first-order chi connectivity index (χ1) is 10.8. The van der Waals surface area contributed by atoms with E-state index in [1.165, 1.54) is 6.07 Å². The summed E-state index contributed by atoms with van der Waals surface area (Å²) in [4.78, 5) is 14.2. The third kappa shape index (κ3) is 9.21. The molecule has 0 fully saturated rings. The van der Waals surface area contributed by atoms with Crippen LogP contribution in [0.15, 0.2) is 24.3 Å². The maximum atomic E-state index is 11.9. The molecule has 1 rings (SSSR count). The molecule has 1 amide bonds. The normalized spacial score (nSPS) is 11.7. The molecule has 0 aromatic heterocycles. The molecule has 0 heterocycles. The molecule has 130 valence electrons. The molecule has 0 aliphatic rings. The Morgan fingerprint density at radius 3 is 2.43 bits per heavy atom. The van der Waals surface area contributed by atoms with Crippen molar-refractivity contribution in [1.29, 1.82) is 0 Å². The lowest BCUT2D eigenvalue weighted by Crippen LogP contribution is -2.37. The highest BCUT2D eigenvalue weighted by atomic mass is 16.3. The molecule has 1 aromatic carbocycles. The Bertz CT molecular complexity index is 483. The highest BCUT2D eigenvalue weighted by Crippen LogP contribution is 2.10. The topological polar surface area (TPSA) is 64.6 Å². The number of carbonyl (C=O) groups excluding carboxylic acids is 1. The molecule has 5 nitrogen and oxygen atoms in total. The lowest BCUT2D eigenvalue weighted by molar-refractivity contribution is 0.0951. The van der Waals surface area contributed by atoms with E-state index in [0.717, 1.165) is 32.5 Å². The van der Waals surface area contributed by atoms with Crippen molar-refractivity contribution in [3.63, 3.8) is 0 Å². The number of rotatable bonds is 9. The molecule has 23 heavy (non-hydrogen) atoms. The Morgan fingerprint density at radius 1 is 1.17 bits per heavy atom. The van der Waals surface area contributed by atoms with E-state index >= 15 is 0 Å². The van der Waals surface area contributed by atoms with E-state index in [-0.39, 0.29) is 17.2 Å². The molecule has 0 atom stereocenters. The van der Waals surface area contributed by atoms with Crippen LogP contribution in [0.2, 0.25) is 0 Å². The summed E-state index contributed by atoms with van der Waals surface area (Å²) in [7, 11) is 2.11. The van der Waals surface area contributed by atoms with Crippen molar-refractivity contribution in [1.82, 2.24) is 15.5 Å². The largest absolute Gasteiger partial charge is 0.508 e. The van der Waals surface area contributed by atoms with Crippen LogP contribution in [0.25, 0.3) is 0 Å². The van der Waals surface area contributed by atoms with Crippen molar-refractivity contribution < 1.29 is 9.90 Å². The predicted octanol–water partition coefficient (Wildman–Crippen LogP) is 2.22. The summed E-state index contributed by atoms with van der Waals surface area (Å²) < 4.78 is 0. The van der Waals surface area contributed by atoms with E-state index in [4.69, 9.17) is 0 Å². The molecule has 0 radical (unpaired) electrons. The summed E-state index contributed by atoms with van der Waals surface area (Å²) in [5, 5.41) is 15.7. The number of aromatic hydroxyl groups is 1. The number of amides is 1. The first kappa shape index (κ1) is 19.5. The second kappa shape index (κ2) is 9.53. The molecule has 1 aromatic rings. The maximum Gasteiger partial charge on any atom is 0.251 e. The monoisotopic (exact) mass is 321 g/mol. The van der Waals surface area contributed by atoms with Gasteiger partial charge < -0.3 is 20.6 Å². The first-order valence-corrected chi connectivity index (χ1v) is 8.29.